The van der Waals surface area contributed by atoms with Gasteiger partial charge in [0.15, 0.2) is 0 Å². The van der Waals surface area contributed by atoms with Gasteiger partial charge in [0.1, 0.15) is 5.75 Å². The maximum Gasteiger partial charge on any atom is 0.416 e. The number of halogens is 3. The molecular formula is C20H20F3NO2. The molecule has 0 fully saturated rings. The van der Waals surface area contributed by atoms with Gasteiger partial charge in [0, 0.05) is 19.7 Å². The summed E-state index contributed by atoms with van der Waals surface area (Å²) in [5.41, 5.74) is 0.777. The van der Waals surface area contributed by atoms with Crippen LogP contribution in [0.3, 0.4) is 0 Å². The van der Waals surface area contributed by atoms with E-state index in [2.05, 4.69) is 0 Å². The fourth-order valence-corrected chi connectivity index (χ4v) is 2.29. The predicted octanol–water partition coefficient (Wildman–Crippen LogP) is 4.78. The minimum atomic E-state index is -4.36. The van der Waals surface area contributed by atoms with E-state index in [1.165, 1.54) is 23.1 Å². The fourth-order valence-electron chi connectivity index (χ4n) is 2.29. The topological polar surface area (TPSA) is 29.5 Å². The number of carbonyl (C=O) groups excluding carboxylic acids is 1. The molecule has 0 spiro atoms. The van der Waals surface area contributed by atoms with Gasteiger partial charge in [0.2, 0.25) is 5.91 Å². The minimum absolute atomic E-state index is 0.227. The second-order valence-electron chi connectivity index (χ2n) is 5.72. The van der Waals surface area contributed by atoms with Crippen molar-refractivity contribution in [1.82, 2.24) is 4.90 Å². The summed E-state index contributed by atoms with van der Waals surface area (Å²) in [5, 5.41) is 0. The fraction of sp³-hybridized carbons (Fsp3) is 0.250. The van der Waals surface area contributed by atoms with E-state index >= 15 is 0 Å². The molecule has 0 radical (unpaired) electrons. The van der Waals surface area contributed by atoms with Crippen LogP contribution in [0.1, 0.15) is 23.6 Å². The van der Waals surface area contributed by atoms with Crippen LogP contribution < -0.4 is 4.74 Å². The first kappa shape index (κ1) is 19.6. The highest BCUT2D eigenvalue weighted by Crippen LogP contribution is 2.29. The highest BCUT2D eigenvalue weighted by molar-refractivity contribution is 5.91. The molecule has 0 aliphatic carbocycles. The summed E-state index contributed by atoms with van der Waals surface area (Å²) in [6, 6.07) is 12.1. The number of benzene rings is 2. The van der Waals surface area contributed by atoms with E-state index in [1.54, 1.807) is 13.1 Å². The first-order valence-electron chi connectivity index (χ1n) is 8.11. The molecule has 0 N–H and O–H groups in total. The molecular weight excluding hydrogens is 343 g/mol. The van der Waals surface area contributed by atoms with Crippen LogP contribution in [0, 0.1) is 0 Å². The maximum atomic E-state index is 12.6. The summed E-state index contributed by atoms with van der Waals surface area (Å²) in [6.07, 6.45) is -1.25. The summed E-state index contributed by atoms with van der Waals surface area (Å²) >= 11 is 0. The molecule has 0 bridgehead atoms. The molecule has 0 saturated heterocycles. The lowest BCUT2D eigenvalue weighted by molar-refractivity contribution is -0.137. The molecule has 6 heteroatoms. The molecule has 0 saturated carbocycles. The van der Waals surface area contributed by atoms with Gasteiger partial charge < -0.3 is 9.64 Å². The molecule has 0 aliphatic heterocycles. The van der Waals surface area contributed by atoms with Crippen molar-refractivity contribution < 1.29 is 22.7 Å². The zero-order valence-electron chi connectivity index (χ0n) is 14.6. The molecule has 0 unspecified atom stereocenters. The Hall–Kier alpha value is -2.76. The SMILES string of the molecule is CCOc1ccc(/C=C/C(=O)N(C)Cc2ccc(C(F)(F)F)cc2)cc1. The quantitative estimate of drug-likeness (QED) is 0.692. The minimum Gasteiger partial charge on any atom is -0.494 e. The molecule has 2 aromatic carbocycles. The summed E-state index contributed by atoms with van der Waals surface area (Å²) in [7, 11) is 1.60. The van der Waals surface area contributed by atoms with Crippen molar-refractivity contribution in [2.24, 2.45) is 0 Å². The number of nitrogens with zero attached hydrogens (tertiary/aromatic N) is 1. The number of alkyl halides is 3. The maximum absolute atomic E-state index is 12.6. The highest BCUT2D eigenvalue weighted by atomic mass is 19.4. The van der Waals surface area contributed by atoms with Crippen LogP contribution in [0.15, 0.2) is 54.6 Å². The number of carbonyl (C=O) groups is 1. The standard InChI is InChI=1S/C20H20F3NO2/c1-3-26-18-11-6-15(7-12-18)8-13-19(25)24(2)14-16-4-9-17(10-5-16)20(21,22)23/h4-13H,3,14H2,1-2H3/b13-8+. The number of ether oxygens (including phenoxy) is 1. The van der Waals surface area contributed by atoms with Crippen LogP contribution in [-0.4, -0.2) is 24.5 Å². The van der Waals surface area contributed by atoms with E-state index in [1.807, 2.05) is 31.2 Å². The number of hydrogen-bond acceptors (Lipinski definition) is 2. The Morgan fingerprint density at radius 1 is 1.08 bits per heavy atom. The Labute approximate surface area is 150 Å². The van der Waals surface area contributed by atoms with Crippen molar-refractivity contribution in [3.63, 3.8) is 0 Å². The zero-order chi connectivity index (χ0) is 19.2. The number of amides is 1. The van der Waals surface area contributed by atoms with Crippen molar-refractivity contribution in [3.05, 3.63) is 71.3 Å². The van der Waals surface area contributed by atoms with Gasteiger partial charge in [0.05, 0.1) is 12.2 Å². The third-order valence-corrected chi connectivity index (χ3v) is 3.69. The molecule has 0 heterocycles. The molecule has 0 atom stereocenters. The Morgan fingerprint density at radius 2 is 1.69 bits per heavy atom. The van der Waals surface area contributed by atoms with Gasteiger partial charge >= 0.3 is 6.18 Å². The molecule has 26 heavy (non-hydrogen) atoms. The van der Waals surface area contributed by atoms with E-state index in [4.69, 9.17) is 4.74 Å². The Kier molecular flexibility index (Phi) is 6.44. The van der Waals surface area contributed by atoms with Crippen LogP contribution in [0.5, 0.6) is 5.75 Å². The third kappa shape index (κ3) is 5.65. The van der Waals surface area contributed by atoms with E-state index in [-0.39, 0.29) is 12.5 Å². The van der Waals surface area contributed by atoms with Crippen LogP contribution in [0.25, 0.3) is 6.08 Å². The largest absolute Gasteiger partial charge is 0.494 e. The highest BCUT2D eigenvalue weighted by Gasteiger charge is 2.29. The Bertz CT molecular complexity index is 750. The third-order valence-electron chi connectivity index (χ3n) is 3.69. The van der Waals surface area contributed by atoms with Gasteiger partial charge in [-0.3, -0.25) is 4.79 Å². The van der Waals surface area contributed by atoms with Gasteiger partial charge in [-0.2, -0.15) is 13.2 Å². The van der Waals surface area contributed by atoms with Crippen molar-refractivity contribution in [3.8, 4) is 5.75 Å². The van der Waals surface area contributed by atoms with E-state index < -0.39 is 11.7 Å². The normalized spacial score (nSPS) is 11.6. The summed E-state index contributed by atoms with van der Waals surface area (Å²) in [4.78, 5) is 13.6. The lowest BCUT2D eigenvalue weighted by Crippen LogP contribution is -2.24. The first-order chi connectivity index (χ1) is 12.3. The lowest BCUT2D eigenvalue weighted by Gasteiger charge is -2.16. The van der Waals surface area contributed by atoms with Gasteiger partial charge in [-0.05, 0) is 48.4 Å². The Balaban J connectivity index is 1.94. The number of rotatable bonds is 6. The van der Waals surface area contributed by atoms with Crippen LogP contribution in [0.4, 0.5) is 13.2 Å². The summed E-state index contributed by atoms with van der Waals surface area (Å²) < 4.78 is 43.0. The molecule has 0 aliphatic rings. The van der Waals surface area contributed by atoms with Crippen molar-refractivity contribution in [2.75, 3.05) is 13.7 Å². The van der Waals surface area contributed by atoms with Crippen LogP contribution >= 0.6 is 0 Å². The Morgan fingerprint density at radius 3 is 2.23 bits per heavy atom. The first-order valence-corrected chi connectivity index (χ1v) is 8.11. The van der Waals surface area contributed by atoms with E-state index in [9.17, 15) is 18.0 Å². The molecule has 1 amide bonds. The lowest BCUT2D eigenvalue weighted by atomic mass is 10.1. The van der Waals surface area contributed by atoms with Crippen LogP contribution in [-0.2, 0) is 17.5 Å². The van der Waals surface area contributed by atoms with Crippen LogP contribution in [0.2, 0.25) is 0 Å². The van der Waals surface area contributed by atoms with Gasteiger partial charge in [0.25, 0.3) is 0 Å². The van der Waals surface area contributed by atoms with E-state index in [0.717, 1.165) is 23.4 Å². The van der Waals surface area contributed by atoms with E-state index in [0.29, 0.717) is 12.2 Å². The number of likely N-dealkylation sites (N-methyl/N-ethyl adjacent to an activating group) is 1. The predicted molar refractivity (Wildman–Crippen MR) is 94.6 cm³/mol. The molecule has 2 rings (SSSR count). The zero-order valence-corrected chi connectivity index (χ0v) is 14.6. The van der Waals surface area contributed by atoms with Crippen molar-refractivity contribution in [1.29, 1.82) is 0 Å². The number of hydrogen-bond donors (Lipinski definition) is 0. The smallest absolute Gasteiger partial charge is 0.416 e. The molecule has 138 valence electrons. The average molecular weight is 363 g/mol. The summed E-state index contributed by atoms with van der Waals surface area (Å²) in [5.74, 6) is 0.522. The monoisotopic (exact) mass is 363 g/mol. The van der Waals surface area contributed by atoms with Gasteiger partial charge in [-0.25, -0.2) is 0 Å². The van der Waals surface area contributed by atoms with Crippen molar-refractivity contribution >= 4 is 12.0 Å². The summed E-state index contributed by atoms with van der Waals surface area (Å²) in [6.45, 7) is 2.71. The second-order valence-corrected chi connectivity index (χ2v) is 5.72. The van der Waals surface area contributed by atoms with Gasteiger partial charge in [-0.1, -0.05) is 24.3 Å². The second kappa shape index (κ2) is 8.56. The average Bonchev–Trinajstić information content (AvgIpc) is 2.60. The molecule has 2 aromatic rings. The van der Waals surface area contributed by atoms with Gasteiger partial charge in [-0.15, -0.1) is 0 Å². The van der Waals surface area contributed by atoms with Crippen molar-refractivity contribution in [2.45, 2.75) is 19.6 Å². The molecule has 3 nitrogen and oxygen atoms in total. The molecule has 0 aromatic heterocycles.